The standard InChI is InChI=1S/C22H24N4O/c1-16(2)26(15-18-7-5-4-6-8-18)22(27)20-13-14-21(25-24-20)23-19-11-9-17(3)10-12-19/h4-14,16H,15H2,1-3H3,(H,23,25). The molecule has 0 spiro atoms. The van der Waals surface area contributed by atoms with Gasteiger partial charge < -0.3 is 10.2 Å². The lowest BCUT2D eigenvalue weighted by atomic mass is 10.1. The van der Waals surface area contributed by atoms with Gasteiger partial charge in [-0.3, -0.25) is 4.79 Å². The van der Waals surface area contributed by atoms with Gasteiger partial charge in [0.15, 0.2) is 11.5 Å². The van der Waals surface area contributed by atoms with Crippen molar-refractivity contribution in [2.45, 2.75) is 33.4 Å². The third-order valence-electron chi connectivity index (χ3n) is 4.29. The largest absolute Gasteiger partial charge is 0.339 e. The van der Waals surface area contributed by atoms with Gasteiger partial charge in [0.2, 0.25) is 0 Å². The summed E-state index contributed by atoms with van der Waals surface area (Å²) >= 11 is 0. The Morgan fingerprint density at radius 3 is 2.26 bits per heavy atom. The van der Waals surface area contributed by atoms with Crippen molar-refractivity contribution in [1.29, 1.82) is 0 Å². The Morgan fingerprint density at radius 2 is 1.67 bits per heavy atom. The molecule has 0 aliphatic heterocycles. The molecule has 5 heteroatoms. The van der Waals surface area contributed by atoms with E-state index in [1.165, 1.54) is 5.56 Å². The van der Waals surface area contributed by atoms with Gasteiger partial charge in [0.05, 0.1) is 0 Å². The molecule has 0 aliphatic carbocycles. The minimum Gasteiger partial charge on any atom is -0.339 e. The van der Waals surface area contributed by atoms with Gasteiger partial charge in [-0.1, -0.05) is 48.0 Å². The number of hydrogen-bond donors (Lipinski definition) is 1. The fourth-order valence-electron chi connectivity index (χ4n) is 2.71. The smallest absolute Gasteiger partial charge is 0.274 e. The lowest BCUT2D eigenvalue weighted by Crippen LogP contribution is -2.37. The molecule has 0 saturated carbocycles. The Morgan fingerprint density at radius 1 is 0.963 bits per heavy atom. The van der Waals surface area contributed by atoms with Crippen molar-refractivity contribution in [1.82, 2.24) is 15.1 Å². The second kappa shape index (κ2) is 8.45. The first-order valence-electron chi connectivity index (χ1n) is 9.05. The van der Waals surface area contributed by atoms with Gasteiger partial charge in [-0.05, 0) is 50.6 Å². The van der Waals surface area contributed by atoms with E-state index in [1.807, 2.05) is 75.4 Å². The number of nitrogens with zero attached hydrogens (tertiary/aromatic N) is 3. The molecule has 2 aromatic carbocycles. The zero-order valence-corrected chi connectivity index (χ0v) is 15.9. The van der Waals surface area contributed by atoms with Gasteiger partial charge in [-0.25, -0.2) is 0 Å². The number of benzene rings is 2. The van der Waals surface area contributed by atoms with E-state index >= 15 is 0 Å². The highest BCUT2D eigenvalue weighted by atomic mass is 16.2. The summed E-state index contributed by atoms with van der Waals surface area (Å²) < 4.78 is 0. The van der Waals surface area contributed by atoms with Crippen LogP contribution in [0.25, 0.3) is 0 Å². The van der Waals surface area contributed by atoms with Crippen molar-refractivity contribution < 1.29 is 4.79 Å². The predicted octanol–water partition coefficient (Wildman–Crippen LogP) is 4.58. The van der Waals surface area contributed by atoms with Gasteiger partial charge in [-0.2, -0.15) is 0 Å². The molecule has 1 amide bonds. The molecule has 1 N–H and O–H groups in total. The molecule has 1 aromatic heterocycles. The molecule has 0 bridgehead atoms. The number of aryl methyl sites for hydroxylation is 1. The third-order valence-corrected chi connectivity index (χ3v) is 4.29. The molecule has 138 valence electrons. The monoisotopic (exact) mass is 360 g/mol. The van der Waals surface area contributed by atoms with Crippen LogP contribution in [0.2, 0.25) is 0 Å². The van der Waals surface area contributed by atoms with E-state index in [1.54, 1.807) is 17.0 Å². The Bertz CT molecular complexity index is 874. The van der Waals surface area contributed by atoms with E-state index < -0.39 is 0 Å². The molecule has 0 radical (unpaired) electrons. The van der Waals surface area contributed by atoms with E-state index in [9.17, 15) is 4.79 Å². The van der Waals surface area contributed by atoms with Crippen molar-refractivity contribution in [3.05, 3.63) is 83.6 Å². The third kappa shape index (κ3) is 4.91. The lowest BCUT2D eigenvalue weighted by molar-refractivity contribution is 0.0683. The molecular formula is C22H24N4O. The Kier molecular flexibility index (Phi) is 5.81. The van der Waals surface area contributed by atoms with Crippen LogP contribution in [0.15, 0.2) is 66.7 Å². The molecular weight excluding hydrogens is 336 g/mol. The van der Waals surface area contributed by atoms with Crippen molar-refractivity contribution in [2.24, 2.45) is 0 Å². The summed E-state index contributed by atoms with van der Waals surface area (Å²) in [6.07, 6.45) is 0. The maximum Gasteiger partial charge on any atom is 0.274 e. The molecule has 5 nitrogen and oxygen atoms in total. The number of carbonyl (C=O) groups is 1. The molecule has 0 saturated heterocycles. The van der Waals surface area contributed by atoms with Crippen LogP contribution in [0.5, 0.6) is 0 Å². The highest BCUT2D eigenvalue weighted by molar-refractivity contribution is 5.92. The van der Waals surface area contributed by atoms with Crippen molar-refractivity contribution >= 4 is 17.4 Å². The molecule has 0 unspecified atom stereocenters. The molecule has 3 rings (SSSR count). The maximum atomic E-state index is 12.9. The van der Waals surface area contributed by atoms with Crippen LogP contribution < -0.4 is 5.32 Å². The van der Waals surface area contributed by atoms with Crippen LogP contribution in [0, 0.1) is 6.92 Å². The van der Waals surface area contributed by atoms with E-state index in [2.05, 4.69) is 15.5 Å². The summed E-state index contributed by atoms with van der Waals surface area (Å²) in [5.41, 5.74) is 3.56. The fraction of sp³-hybridized carbons (Fsp3) is 0.227. The minimum atomic E-state index is -0.122. The van der Waals surface area contributed by atoms with Gasteiger partial charge >= 0.3 is 0 Å². The average Bonchev–Trinajstić information content (AvgIpc) is 2.68. The van der Waals surface area contributed by atoms with Crippen molar-refractivity contribution in [2.75, 3.05) is 5.32 Å². The Balaban J connectivity index is 1.72. The first kappa shape index (κ1) is 18.6. The quantitative estimate of drug-likeness (QED) is 0.699. The summed E-state index contributed by atoms with van der Waals surface area (Å²) in [6.45, 7) is 6.59. The number of aromatic nitrogens is 2. The van der Waals surface area contributed by atoms with Crippen LogP contribution in [0.1, 0.15) is 35.5 Å². The van der Waals surface area contributed by atoms with E-state index in [0.29, 0.717) is 18.1 Å². The normalized spacial score (nSPS) is 10.7. The van der Waals surface area contributed by atoms with Gasteiger partial charge in [0.25, 0.3) is 5.91 Å². The summed E-state index contributed by atoms with van der Waals surface area (Å²) in [5.74, 6) is 0.484. The number of anilines is 2. The zero-order chi connectivity index (χ0) is 19.2. The Hall–Kier alpha value is -3.21. The first-order valence-corrected chi connectivity index (χ1v) is 9.05. The topological polar surface area (TPSA) is 58.1 Å². The van der Waals surface area contributed by atoms with Gasteiger partial charge in [0.1, 0.15) is 0 Å². The molecule has 1 heterocycles. The number of amides is 1. The number of nitrogens with one attached hydrogen (secondary N) is 1. The SMILES string of the molecule is Cc1ccc(Nc2ccc(C(=O)N(Cc3ccccc3)C(C)C)nn2)cc1. The lowest BCUT2D eigenvalue weighted by Gasteiger charge is -2.26. The van der Waals surface area contributed by atoms with Crippen LogP contribution in [-0.2, 0) is 6.54 Å². The summed E-state index contributed by atoms with van der Waals surface area (Å²) in [4.78, 5) is 14.7. The molecule has 27 heavy (non-hydrogen) atoms. The molecule has 0 aliphatic rings. The van der Waals surface area contributed by atoms with Crippen LogP contribution >= 0.6 is 0 Å². The Labute approximate surface area is 160 Å². The second-order valence-corrected chi connectivity index (χ2v) is 6.81. The fourth-order valence-corrected chi connectivity index (χ4v) is 2.71. The summed E-state index contributed by atoms with van der Waals surface area (Å²) in [6, 6.07) is 21.5. The highest BCUT2D eigenvalue weighted by Gasteiger charge is 2.20. The van der Waals surface area contributed by atoms with Crippen LogP contribution in [0.3, 0.4) is 0 Å². The van der Waals surface area contributed by atoms with Crippen LogP contribution in [-0.4, -0.2) is 27.0 Å². The van der Waals surface area contributed by atoms with E-state index in [4.69, 9.17) is 0 Å². The predicted molar refractivity (Wildman–Crippen MR) is 108 cm³/mol. The molecule has 0 fully saturated rings. The summed E-state index contributed by atoms with van der Waals surface area (Å²) in [7, 11) is 0. The first-order chi connectivity index (χ1) is 13.0. The number of rotatable bonds is 6. The van der Waals surface area contributed by atoms with Crippen molar-refractivity contribution in [3.63, 3.8) is 0 Å². The molecule has 3 aromatic rings. The second-order valence-electron chi connectivity index (χ2n) is 6.81. The zero-order valence-electron chi connectivity index (χ0n) is 15.9. The minimum absolute atomic E-state index is 0.0601. The van der Waals surface area contributed by atoms with Gasteiger partial charge in [-0.15, -0.1) is 10.2 Å². The van der Waals surface area contributed by atoms with Crippen molar-refractivity contribution in [3.8, 4) is 0 Å². The average molecular weight is 360 g/mol. The maximum absolute atomic E-state index is 12.9. The highest BCUT2D eigenvalue weighted by Crippen LogP contribution is 2.16. The summed E-state index contributed by atoms with van der Waals surface area (Å²) in [5, 5.41) is 11.5. The van der Waals surface area contributed by atoms with Gasteiger partial charge in [0, 0.05) is 18.3 Å². The number of hydrogen-bond acceptors (Lipinski definition) is 4. The number of carbonyl (C=O) groups excluding carboxylic acids is 1. The van der Waals surface area contributed by atoms with Crippen LogP contribution in [0.4, 0.5) is 11.5 Å². The molecule has 0 atom stereocenters. The van der Waals surface area contributed by atoms with E-state index in [-0.39, 0.29) is 11.9 Å². The van der Waals surface area contributed by atoms with E-state index in [0.717, 1.165) is 11.3 Å².